The van der Waals surface area contributed by atoms with E-state index in [-0.39, 0.29) is 11.4 Å². The summed E-state index contributed by atoms with van der Waals surface area (Å²) in [4.78, 5) is 11.6. The van der Waals surface area contributed by atoms with E-state index in [4.69, 9.17) is 4.43 Å². The summed E-state index contributed by atoms with van der Waals surface area (Å²) in [6.07, 6.45) is 6.21. The third-order valence-electron chi connectivity index (χ3n) is 3.43. The first-order valence-corrected chi connectivity index (χ1v) is 6.86. The van der Waals surface area contributed by atoms with Crippen LogP contribution in [0.5, 0.6) is 0 Å². The summed E-state index contributed by atoms with van der Waals surface area (Å²) in [5, 5.41) is 0. The van der Waals surface area contributed by atoms with Gasteiger partial charge >= 0.3 is 0 Å². The Labute approximate surface area is 97.3 Å². The van der Waals surface area contributed by atoms with Crippen LogP contribution in [0.1, 0.15) is 59.8 Å². The van der Waals surface area contributed by atoms with E-state index in [0.717, 1.165) is 6.42 Å². The van der Waals surface area contributed by atoms with Crippen LogP contribution in [0.25, 0.3) is 0 Å². The molecule has 15 heavy (non-hydrogen) atoms. The Morgan fingerprint density at radius 2 is 1.93 bits per heavy atom. The van der Waals surface area contributed by atoms with E-state index in [1.807, 2.05) is 13.8 Å². The maximum absolute atomic E-state index is 11.6. The molecule has 1 atom stereocenters. The molecule has 90 valence electrons. The van der Waals surface area contributed by atoms with Crippen LogP contribution in [0.3, 0.4) is 0 Å². The maximum atomic E-state index is 11.6. The fraction of sp³-hybridized carbons (Fsp3) is 0.917. The van der Waals surface area contributed by atoms with Crippen LogP contribution in [0.2, 0.25) is 0 Å². The summed E-state index contributed by atoms with van der Waals surface area (Å²) in [5.41, 5.74) is -0.312. The van der Waals surface area contributed by atoms with Crippen LogP contribution in [0, 0.1) is 11.3 Å². The molecule has 0 aliphatic rings. The fourth-order valence-corrected chi connectivity index (χ4v) is 2.23. The smallest absolute Gasteiger partial charge is 0.297 e. The molecule has 0 aliphatic heterocycles. The highest BCUT2D eigenvalue weighted by Gasteiger charge is 2.33. The molecule has 1 unspecified atom stereocenters. The Morgan fingerprint density at radius 3 is 2.40 bits per heavy atom. The van der Waals surface area contributed by atoms with Crippen molar-refractivity contribution in [3.63, 3.8) is 0 Å². The SMILES string of the molecule is CCCCCCC(C)C(C)(C)C(=O)O[SiH3]. The second-order valence-corrected chi connectivity index (χ2v) is 5.37. The van der Waals surface area contributed by atoms with Crippen LogP contribution in [0.4, 0.5) is 0 Å². The number of carbonyl (C=O) groups is 1. The van der Waals surface area contributed by atoms with Gasteiger partial charge in [0.25, 0.3) is 5.97 Å². The average Bonchev–Trinajstić information content (AvgIpc) is 2.22. The van der Waals surface area contributed by atoms with Crippen LogP contribution in [-0.4, -0.2) is 16.5 Å². The van der Waals surface area contributed by atoms with E-state index in [2.05, 4.69) is 13.8 Å². The zero-order chi connectivity index (χ0) is 11.9. The van der Waals surface area contributed by atoms with Gasteiger partial charge in [0, 0.05) is 0 Å². The third-order valence-corrected chi connectivity index (χ3v) is 3.80. The first kappa shape index (κ1) is 14.7. The molecule has 0 saturated heterocycles. The molecule has 0 fully saturated rings. The van der Waals surface area contributed by atoms with E-state index in [9.17, 15) is 4.79 Å². The number of hydrogen-bond donors (Lipinski definition) is 0. The Balaban J connectivity index is 3.96. The van der Waals surface area contributed by atoms with Crippen molar-refractivity contribution in [1.82, 2.24) is 0 Å². The highest BCUT2D eigenvalue weighted by Crippen LogP contribution is 2.31. The van der Waals surface area contributed by atoms with Crippen LogP contribution in [-0.2, 0) is 9.22 Å². The molecular weight excluding hydrogens is 204 g/mol. The second kappa shape index (κ2) is 7.04. The number of hydrogen-bond acceptors (Lipinski definition) is 2. The predicted molar refractivity (Wildman–Crippen MR) is 67.7 cm³/mol. The van der Waals surface area contributed by atoms with Gasteiger partial charge in [0.05, 0.1) is 5.41 Å². The van der Waals surface area contributed by atoms with Gasteiger partial charge in [-0.05, 0) is 26.2 Å². The van der Waals surface area contributed by atoms with Gasteiger partial charge in [0.15, 0.2) is 0 Å². The van der Waals surface area contributed by atoms with E-state index in [0.29, 0.717) is 16.4 Å². The zero-order valence-corrected chi connectivity index (χ0v) is 12.9. The summed E-state index contributed by atoms with van der Waals surface area (Å²) in [5.74, 6) is 0.382. The van der Waals surface area contributed by atoms with Gasteiger partial charge in [-0.1, -0.05) is 39.5 Å². The average molecular weight is 230 g/mol. The molecule has 0 aromatic carbocycles. The first-order chi connectivity index (χ1) is 6.96. The van der Waals surface area contributed by atoms with Gasteiger partial charge in [0.2, 0.25) is 10.5 Å². The van der Waals surface area contributed by atoms with Gasteiger partial charge in [-0.2, -0.15) is 0 Å². The van der Waals surface area contributed by atoms with Crippen LogP contribution < -0.4 is 0 Å². The van der Waals surface area contributed by atoms with E-state index in [1.165, 1.54) is 25.7 Å². The first-order valence-electron chi connectivity index (χ1n) is 6.05. The minimum absolute atomic E-state index is 0.0304. The predicted octanol–water partition coefficient (Wildman–Crippen LogP) is 2.44. The normalized spacial score (nSPS) is 13.9. The molecular formula is C12H26O2Si. The minimum Gasteiger partial charge on any atom is -0.528 e. The molecule has 0 amide bonds. The zero-order valence-electron chi connectivity index (χ0n) is 10.9. The van der Waals surface area contributed by atoms with Crippen LogP contribution in [0.15, 0.2) is 0 Å². The van der Waals surface area contributed by atoms with Crippen molar-refractivity contribution in [2.75, 3.05) is 0 Å². The van der Waals surface area contributed by atoms with Crippen molar-refractivity contribution < 1.29 is 9.22 Å². The quantitative estimate of drug-likeness (QED) is 0.496. The summed E-state index contributed by atoms with van der Waals surface area (Å²) in [6, 6.07) is 0. The van der Waals surface area contributed by atoms with Crippen molar-refractivity contribution >= 4 is 16.5 Å². The van der Waals surface area contributed by atoms with Crippen molar-refractivity contribution in [3.05, 3.63) is 0 Å². The van der Waals surface area contributed by atoms with Gasteiger partial charge in [-0.3, -0.25) is 4.79 Å². The molecule has 0 aromatic heterocycles. The van der Waals surface area contributed by atoms with E-state index < -0.39 is 0 Å². The van der Waals surface area contributed by atoms with Gasteiger partial charge in [-0.15, -0.1) is 0 Å². The van der Waals surface area contributed by atoms with E-state index >= 15 is 0 Å². The summed E-state index contributed by atoms with van der Waals surface area (Å²) < 4.78 is 4.96. The Morgan fingerprint density at radius 1 is 1.33 bits per heavy atom. The Hall–Kier alpha value is -0.313. The number of rotatable bonds is 7. The minimum atomic E-state index is -0.312. The second-order valence-electron chi connectivity index (χ2n) is 4.96. The molecule has 3 heteroatoms. The number of unbranched alkanes of at least 4 members (excludes halogenated alkanes) is 3. The van der Waals surface area contributed by atoms with E-state index in [1.54, 1.807) is 0 Å². The largest absolute Gasteiger partial charge is 0.528 e. The Kier molecular flexibility index (Phi) is 6.90. The topological polar surface area (TPSA) is 26.3 Å². The lowest BCUT2D eigenvalue weighted by Crippen LogP contribution is -2.32. The standard InChI is InChI=1S/C12H26O2Si/c1-5-6-7-8-9-10(2)12(3,4)11(13)14-15/h10H,5-9H2,1-4,15H3. The summed E-state index contributed by atoms with van der Waals surface area (Å²) in [7, 11) is 0.506. The molecule has 0 heterocycles. The Bertz CT molecular complexity index is 190. The van der Waals surface area contributed by atoms with Crippen molar-refractivity contribution in [1.29, 1.82) is 0 Å². The molecule has 0 N–H and O–H groups in total. The number of carbonyl (C=O) groups excluding carboxylic acids is 1. The highest BCUT2D eigenvalue weighted by atomic mass is 28.2. The molecule has 0 radical (unpaired) electrons. The van der Waals surface area contributed by atoms with Crippen LogP contribution >= 0.6 is 0 Å². The summed E-state index contributed by atoms with van der Waals surface area (Å²) in [6.45, 7) is 8.37. The van der Waals surface area contributed by atoms with Gasteiger partial charge in [0.1, 0.15) is 0 Å². The maximum Gasteiger partial charge on any atom is 0.297 e. The fourth-order valence-electron chi connectivity index (χ4n) is 1.70. The molecule has 0 saturated carbocycles. The van der Waals surface area contributed by atoms with Crippen molar-refractivity contribution in [2.45, 2.75) is 59.8 Å². The summed E-state index contributed by atoms with van der Waals surface area (Å²) >= 11 is 0. The van der Waals surface area contributed by atoms with Gasteiger partial charge in [-0.25, -0.2) is 0 Å². The third kappa shape index (κ3) is 4.82. The monoisotopic (exact) mass is 230 g/mol. The van der Waals surface area contributed by atoms with Gasteiger partial charge < -0.3 is 4.43 Å². The molecule has 0 aromatic rings. The molecule has 0 aliphatic carbocycles. The lowest BCUT2D eigenvalue weighted by molar-refractivity contribution is -0.146. The lowest BCUT2D eigenvalue weighted by atomic mass is 9.77. The molecule has 0 spiro atoms. The molecule has 2 nitrogen and oxygen atoms in total. The van der Waals surface area contributed by atoms with Crippen molar-refractivity contribution in [2.24, 2.45) is 11.3 Å². The lowest BCUT2D eigenvalue weighted by Gasteiger charge is -2.29. The highest BCUT2D eigenvalue weighted by molar-refractivity contribution is 6.06. The molecule has 0 bridgehead atoms. The van der Waals surface area contributed by atoms with Crippen molar-refractivity contribution in [3.8, 4) is 0 Å². The molecule has 0 rings (SSSR count).